The quantitative estimate of drug-likeness (QED) is 0.754. The van der Waals surface area contributed by atoms with Crippen LogP contribution in [0.2, 0.25) is 0 Å². The summed E-state index contributed by atoms with van der Waals surface area (Å²) in [5.41, 5.74) is 4.82. The van der Waals surface area contributed by atoms with Crippen LogP contribution in [0.1, 0.15) is 57.6 Å². The van der Waals surface area contributed by atoms with Gasteiger partial charge in [0.25, 0.3) is 0 Å². The second-order valence-electron chi connectivity index (χ2n) is 7.34. The van der Waals surface area contributed by atoms with Crippen molar-refractivity contribution in [2.45, 2.75) is 60.3 Å². The van der Waals surface area contributed by atoms with E-state index in [0.717, 1.165) is 30.5 Å². The summed E-state index contributed by atoms with van der Waals surface area (Å²) in [5, 5.41) is 3.35. The fraction of sp³-hybridized carbons (Fsp3) is 0.550. The average molecular weight is 299 g/mol. The SMILES string of the molecule is CCC(C)(C)[C@H]1CCC(=O)/C(=C/Nc2ccc(C)cc2C)C1. The molecule has 22 heavy (non-hydrogen) atoms. The number of hydrogen-bond acceptors (Lipinski definition) is 2. The molecule has 2 nitrogen and oxygen atoms in total. The number of rotatable bonds is 4. The molecule has 0 radical (unpaired) electrons. The molecule has 1 saturated carbocycles. The maximum Gasteiger partial charge on any atom is 0.160 e. The van der Waals surface area contributed by atoms with Crippen molar-refractivity contribution in [3.05, 3.63) is 41.1 Å². The van der Waals surface area contributed by atoms with Crippen molar-refractivity contribution >= 4 is 11.5 Å². The first kappa shape index (κ1) is 16.8. The molecule has 0 aliphatic heterocycles. The van der Waals surface area contributed by atoms with Crippen LogP contribution in [0.5, 0.6) is 0 Å². The largest absolute Gasteiger partial charge is 0.361 e. The van der Waals surface area contributed by atoms with Gasteiger partial charge in [0.1, 0.15) is 0 Å². The van der Waals surface area contributed by atoms with E-state index in [4.69, 9.17) is 0 Å². The zero-order valence-corrected chi connectivity index (χ0v) is 14.6. The van der Waals surface area contributed by atoms with Gasteiger partial charge in [-0.05, 0) is 49.7 Å². The zero-order valence-electron chi connectivity index (χ0n) is 14.6. The van der Waals surface area contributed by atoms with Crippen molar-refractivity contribution in [2.24, 2.45) is 11.3 Å². The Hall–Kier alpha value is -1.57. The van der Waals surface area contributed by atoms with E-state index >= 15 is 0 Å². The summed E-state index contributed by atoms with van der Waals surface area (Å²) in [6, 6.07) is 6.34. The highest BCUT2D eigenvalue weighted by Crippen LogP contribution is 2.41. The lowest BCUT2D eigenvalue weighted by Crippen LogP contribution is -2.29. The van der Waals surface area contributed by atoms with Crippen molar-refractivity contribution < 1.29 is 4.79 Å². The minimum atomic E-state index is 0.305. The van der Waals surface area contributed by atoms with Gasteiger partial charge >= 0.3 is 0 Å². The van der Waals surface area contributed by atoms with E-state index in [0.29, 0.717) is 23.5 Å². The highest BCUT2D eigenvalue weighted by molar-refractivity contribution is 5.96. The predicted octanol–water partition coefficient (Wildman–Crippen LogP) is 5.40. The number of carbonyl (C=O) groups is 1. The number of ketones is 1. The molecular formula is C20H29NO. The summed E-state index contributed by atoms with van der Waals surface area (Å²) < 4.78 is 0. The van der Waals surface area contributed by atoms with E-state index < -0.39 is 0 Å². The van der Waals surface area contributed by atoms with Crippen LogP contribution in [0, 0.1) is 25.2 Å². The molecule has 2 rings (SSSR count). The number of hydrogen-bond donors (Lipinski definition) is 1. The minimum Gasteiger partial charge on any atom is -0.361 e. The Labute approximate surface area is 135 Å². The number of benzene rings is 1. The lowest BCUT2D eigenvalue weighted by Gasteiger charge is -2.36. The molecule has 1 aromatic carbocycles. The average Bonchev–Trinajstić information content (AvgIpc) is 2.47. The lowest BCUT2D eigenvalue weighted by atomic mass is 9.68. The maximum atomic E-state index is 12.2. The van der Waals surface area contributed by atoms with Crippen LogP contribution in [-0.2, 0) is 4.79 Å². The standard InChI is InChI=1S/C20H29NO/c1-6-20(4,5)17-8-10-19(22)16(12-17)13-21-18-9-7-14(2)11-15(18)3/h7,9,11,13,17,21H,6,8,10,12H2,1-5H3/b16-13+/t17-/m0/s1. The zero-order chi connectivity index (χ0) is 16.3. The second-order valence-corrected chi connectivity index (χ2v) is 7.34. The van der Waals surface area contributed by atoms with Crippen LogP contribution in [0.3, 0.4) is 0 Å². The van der Waals surface area contributed by atoms with E-state index in [2.05, 4.69) is 58.1 Å². The normalized spacial score (nSPS) is 21.2. The Kier molecular flexibility index (Phi) is 5.10. The molecule has 1 aliphatic rings. The fourth-order valence-electron chi connectivity index (χ4n) is 3.18. The molecule has 0 saturated heterocycles. The number of nitrogens with one attached hydrogen (secondary N) is 1. The first-order chi connectivity index (χ1) is 10.3. The fourth-order valence-corrected chi connectivity index (χ4v) is 3.18. The Bertz CT molecular complexity index is 583. The van der Waals surface area contributed by atoms with Gasteiger partial charge in [0.2, 0.25) is 0 Å². The second kappa shape index (κ2) is 6.68. The van der Waals surface area contributed by atoms with E-state index in [1.165, 1.54) is 11.1 Å². The van der Waals surface area contributed by atoms with Gasteiger partial charge in [-0.25, -0.2) is 0 Å². The smallest absolute Gasteiger partial charge is 0.160 e. The lowest BCUT2D eigenvalue weighted by molar-refractivity contribution is -0.117. The third kappa shape index (κ3) is 3.79. The number of carbonyl (C=O) groups excluding carboxylic acids is 1. The van der Waals surface area contributed by atoms with E-state index in [1.54, 1.807) is 0 Å². The van der Waals surface area contributed by atoms with Gasteiger partial charge in [-0.1, -0.05) is 44.9 Å². The minimum absolute atomic E-state index is 0.305. The van der Waals surface area contributed by atoms with Gasteiger partial charge in [0, 0.05) is 23.9 Å². The molecule has 1 N–H and O–H groups in total. The maximum absolute atomic E-state index is 12.2. The van der Waals surface area contributed by atoms with Crippen LogP contribution in [0.15, 0.2) is 30.0 Å². The third-order valence-electron chi connectivity index (χ3n) is 5.34. The van der Waals surface area contributed by atoms with Gasteiger partial charge in [-0.3, -0.25) is 4.79 Å². The number of aryl methyl sites for hydroxylation is 2. The van der Waals surface area contributed by atoms with Gasteiger partial charge in [0.15, 0.2) is 5.78 Å². The van der Waals surface area contributed by atoms with Gasteiger partial charge in [-0.15, -0.1) is 0 Å². The highest BCUT2D eigenvalue weighted by atomic mass is 16.1. The van der Waals surface area contributed by atoms with Crippen LogP contribution in [0.4, 0.5) is 5.69 Å². The first-order valence-electron chi connectivity index (χ1n) is 8.39. The monoisotopic (exact) mass is 299 g/mol. The third-order valence-corrected chi connectivity index (χ3v) is 5.34. The van der Waals surface area contributed by atoms with Crippen molar-refractivity contribution in [3.8, 4) is 0 Å². The van der Waals surface area contributed by atoms with Crippen molar-refractivity contribution in [1.82, 2.24) is 0 Å². The summed E-state index contributed by atoms with van der Waals surface area (Å²) in [7, 11) is 0. The molecule has 0 bridgehead atoms. The molecular weight excluding hydrogens is 270 g/mol. The van der Waals surface area contributed by atoms with Crippen LogP contribution in [-0.4, -0.2) is 5.78 Å². The molecule has 1 fully saturated rings. The molecule has 0 unspecified atom stereocenters. The first-order valence-corrected chi connectivity index (χ1v) is 8.39. The highest BCUT2D eigenvalue weighted by Gasteiger charge is 2.33. The Morgan fingerprint density at radius 1 is 1.32 bits per heavy atom. The number of allylic oxidation sites excluding steroid dienone is 1. The van der Waals surface area contributed by atoms with E-state index in [1.807, 2.05) is 6.20 Å². The molecule has 1 aliphatic carbocycles. The van der Waals surface area contributed by atoms with Crippen LogP contribution < -0.4 is 5.32 Å². The molecule has 0 aromatic heterocycles. The van der Waals surface area contributed by atoms with Crippen LogP contribution >= 0.6 is 0 Å². The summed E-state index contributed by atoms with van der Waals surface area (Å²) in [4.78, 5) is 12.2. The molecule has 0 heterocycles. The predicted molar refractivity (Wildman–Crippen MR) is 94.0 cm³/mol. The van der Waals surface area contributed by atoms with Gasteiger partial charge < -0.3 is 5.32 Å². The summed E-state index contributed by atoms with van der Waals surface area (Å²) >= 11 is 0. The molecule has 0 spiro atoms. The Balaban J connectivity index is 2.13. The molecule has 2 heteroatoms. The summed E-state index contributed by atoms with van der Waals surface area (Å²) in [6.45, 7) is 11.1. The van der Waals surface area contributed by atoms with E-state index in [-0.39, 0.29) is 0 Å². The summed E-state index contributed by atoms with van der Waals surface area (Å²) in [6.07, 6.45) is 5.72. The Morgan fingerprint density at radius 2 is 2.05 bits per heavy atom. The molecule has 120 valence electrons. The number of Topliss-reactive ketones (excluding diaryl/α,β-unsaturated/α-hetero) is 1. The van der Waals surface area contributed by atoms with E-state index in [9.17, 15) is 4.79 Å². The van der Waals surface area contributed by atoms with Gasteiger partial charge in [-0.2, -0.15) is 0 Å². The Morgan fingerprint density at radius 3 is 2.68 bits per heavy atom. The van der Waals surface area contributed by atoms with Crippen molar-refractivity contribution in [2.75, 3.05) is 5.32 Å². The topological polar surface area (TPSA) is 29.1 Å². The van der Waals surface area contributed by atoms with Crippen LogP contribution in [0.25, 0.3) is 0 Å². The molecule has 1 atom stereocenters. The number of anilines is 1. The molecule has 0 amide bonds. The molecule has 1 aromatic rings. The van der Waals surface area contributed by atoms with Crippen molar-refractivity contribution in [3.63, 3.8) is 0 Å². The summed E-state index contributed by atoms with van der Waals surface area (Å²) in [5.74, 6) is 0.905. The van der Waals surface area contributed by atoms with Crippen molar-refractivity contribution in [1.29, 1.82) is 0 Å². The van der Waals surface area contributed by atoms with Gasteiger partial charge in [0.05, 0.1) is 0 Å².